The average Bonchev–Trinajstić information content (AvgIpc) is 2.78. The van der Waals surface area contributed by atoms with E-state index >= 15 is 0 Å². The summed E-state index contributed by atoms with van der Waals surface area (Å²) >= 11 is 0. The molecule has 0 spiro atoms. The van der Waals surface area contributed by atoms with Crippen molar-refractivity contribution in [3.8, 4) is 0 Å². The van der Waals surface area contributed by atoms with Gasteiger partial charge in [0.25, 0.3) is 0 Å². The van der Waals surface area contributed by atoms with Crippen LogP contribution < -0.4 is 0 Å². The van der Waals surface area contributed by atoms with Crippen LogP contribution in [0.1, 0.15) is 12.0 Å². The van der Waals surface area contributed by atoms with E-state index in [-0.39, 0.29) is 11.8 Å². The van der Waals surface area contributed by atoms with E-state index in [2.05, 4.69) is 6.58 Å². The number of aliphatic carboxylic acids is 1. The van der Waals surface area contributed by atoms with Crippen molar-refractivity contribution in [1.29, 1.82) is 0 Å². The predicted octanol–water partition coefficient (Wildman–Crippen LogP) is 1.72. The molecule has 0 aromatic heterocycles. The quantitative estimate of drug-likeness (QED) is 0.819. The smallest absolute Gasteiger partial charge is 0.326 e. The van der Waals surface area contributed by atoms with Crippen molar-refractivity contribution in [1.82, 2.24) is 4.90 Å². The fraction of sp³-hybridized carbons (Fsp3) is 0.333. The third kappa shape index (κ3) is 3.02. The highest BCUT2D eigenvalue weighted by Crippen LogP contribution is 2.22. The lowest BCUT2D eigenvalue weighted by molar-refractivity contribution is -0.148. The Morgan fingerprint density at radius 1 is 1.47 bits per heavy atom. The summed E-state index contributed by atoms with van der Waals surface area (Å²) in [5.74, 6) is -1.000. The predicted molar refractivity (Wildman–Crippen MR) is 71.6 cm³/mol. The van der Waals surface area contributed by atoms with E-state index in [1.807, 2.05) is 30.3 Å². The van der Waals surface area contributed by atoms with Gasteiger partial charge in [0.1, 0.15) is 6.04 Å². The lowest BCUT2D eigenvalue weighted by atomic mass is 10.0. The van der Waals surface area contributed by atoms with Gasteiger partial charge >= 0.3 is 5.97 Å². The van der Waals surface area contributed by atoms with E-state index in [0.717, 1.165) is 5.56 Å². The lowest BCUT2D eigenvalue weighted by Gasteiger charge is -2.24. The van der Waals surface area contributed by atoms with E-state index in [1.165, 1.54) is 4.90 Å². The summed E-state index contributed by atoms with van der Waals surface area (Å²) in [4.78, 5) is 24.8. The number of carboxylic acid groups (broad SMARTS) is 1. The third-order valence-corrected chi connectivity index (χ3v) is 3.45. The molecular weight excluding hydrogens is 242 g/mol. The normalized spacial score (nSPS) is 20.3. The Morgan fingerprint density at radius 2 is 2.16 bits per heavy atom. The Hall–Kier alpha value is -2.10. The van der Waals surface area contributed by atoms with Crippen molar-refractivity contribution in [3.63, 3.8) is 0 Å². The van der Waals surface area contributed by atoms with Crippen LogP contribution in [0.3, 0.4) is 0 Å². The maximum atomic E-state index is 11.9. The second-order valence-electron chi connectivity index (χ2n) is 4.79. The van der Waals surface area contributed by atoms with Crippen LogP contribution in [0.5, 0.6) is 0 Å². The molecule has 1 saturated heterocycles. The summed E-state index contributed by atoms with van der Waals surface area (Å²) in [7, 11) is 0. The Morgan fingerprint density at radius 3 is 2.68 bits per heavy atom. The summed E-state index contributed by atoms with van der Waals surface area (Å²) in [6.07, 6.45) is 2.42. The first kappa shape index (κ1) is 13.3. The van der Waals surface area contributed by atoms with Crippen LogP contribution in [0, 0.1) is 5.92 Å². The molecule has 0 bridgehead atoms. The molecule has 1 aromatic rings. The molecule has 4 nitrogen and oxygen atoms in total. The van der Waals surface area contributed by atoms with E-state index in [9.17, 15) is 14.7 Å². The molecule has 100 valence electrons. The molecule has 1 heterocycles. The van der Waals surface area contributed by atoms with Gasteiger partial charge in [0.15, 0.2) is 0 Å². The highest BCUT2D eigenvalue weighted by molar-refractivity contribution is 5.85. The van der Waals surface area contributed by atoms with Crippen LogP contribution in [-0.4, -0.2) is 34.5 Å². The van der Waals surface area contributed by atoms with E-state index in [4.69, 9.17) is 0 Å². The molecule has 1 aliphatic heterocycles. The second kappa shape index (κ2) is 5.69. The van der Waals surface area contributed by atoms with Crippen LogP contribution in [0.2, 0.25) is 0 Å². The Balaban J connectivity index is 2.15. The monoisotopic (exact) mass is 259 g/mol. The number of amides is 1. The van der Waals surface area contributed by atoms with E-state index in [0.29, 0.717) is 19.4 Å². The molecule has 1 aromatic carbocycles. The number of nitrogens with zero attached hydrogens (tertiary/aromatic N) is 1. The summed E-state index contributed by atoms with van der Waals surface area (Å²) < 4.78 is 0. The van der Waals surface area contributed by atoms with Crippen LogP contribution in [0.4, 0.5) is 0 Å². The molecule has 19 heavy (non-hydrogen) atoms. The SMILES string of the molecule is C=CC1CC(=O)N(C(Cc2ccccc2)C(=O)O)C1. The van der Waals surface area contributed by atoms with Crippen molar-refractivity contribution in [2.45, 2.75) is 18.9 Å². The molecule has 1 aliphatic rings. The molecule has 0 radical (unpaired) electrons. The van der Waals surface area contributed by atoms with Gasteiger partial charge in [0.05, 0.1) is 0 Å². The third-order valence-electron chi connectivity index (χ3n) is 3.45. The van der Waals surface area contributed by atoms with Crippen molar-refractivity contribution < 1.29 is 14.7 Å². The largest absolute Gasteiger partial charge is 0.480 e. The number of carbonyl (C=O) groups is 2. The number of hydrogen-bond acceptors (Lipinski definition) is 2. The Bertz CT molecular complexity index is 483. The number of benzene rings is 1. The van der Waals surface area contributed by atoms with Crippen molar-refractivity contribution in [3.05, 3.63) is 48.6 Å². The minimum atomic E-state index is -0.957. The summed E-state index contributed by atoms with van der Waals surface area (Å²) in [5, 5.41) is 9.35. The summed E-state index contributed by atoms with van der Waals surface area (Å²) in [5.41, 5.74) is 0.921. The van der Waals surface area contributed by atoms with Gasteiger partial charge in [-0.3, -0.25) is 4.79 Å². The van der Waals surface area contributed by atoms with Gasteiger partial charge in [-0.25, -0.2) is 4.79 Å². The first-order valence-corrected chi connectivity index (χ1v) is 6.30. The first-order chi connectivity index (χ1) is 9.11. The van der Waals surface area contributed by atoms with Crippen LogP contribution in [0.15, 0.2) is 43.0 Å². The van der Waals surface area contributed by atoms with Crippen LogP contribution in [-0.2, 0) is 16.0 Å². The maximum Gasteiger partial charge on any atom is 0.326 e. The zero-order valence-electron chi connectivity index (χ0n) is 10.7. The fourth-order valence-corrected chi connectivity index (χ4v) is 2.39. The van der Waals surface area contributed by atoms with Gasteiger partial charge in [-0.15, -0.1) is 6.58 Å². The minimum Gasteiger partial charge on any atom is -0.480 e. The topological polar surface area (TPSA) is 57.6 Å². The fourth-order valence-electron chi connectivity index (χ4n) is 2.39. The van der Waals surface area contributed by atoms with Crippen LogP contribution >= 0.6 is 0 Å². The number of likely N-dealkylation sites (tertiary alicyclic amines) is 1. The molecule has 0 aliphatic carbocycles. The molecule has 4 heteroatoms. The van der Waals surface area contributed by atoms with Crippen LogP contribution in [0.25, 0.3) is 0 Å². The van der Waals surface area contributed by atoms with Gasteiger partial charge in [-0.1, -0.05) is 36.4 Å². The minimum absolute atomic E-state index is 0.0603. The highest BCUT2D eigenvalue weighted by atomic mass is 16.4. The summed E-state index contributed by atoms with van der Waals surface area (Å²) in [6, 6.07) is 8.58. The molecule has 0 saturated carbocycles. The van der Waals surface area contributed by atoms with Crippen molar-refractivity contribution in [2.75, 3.05) is 6.54 Å². The Kier molecular flexibility index (Phi) is 4.00. The molecule has 1 fully saturated rings. The van der Waals surface area contributed by atoms with Gasteiger partial charge in [-0.05, 0) is 5.56 Å². The van der Waals surface area contributed by atoms with Crippen molar-refractivity contribution >= 4 is 11.9 Å². The number of carbonyl (C=O) groups excluding carboxylic acids is 1. The molecule has 1 amide bonds. The Labute approximate surface area is 112 Å². The summed E-state index contributed by atoms with van der Waals surface area (Å²) in [6.45, 7) is 4.12. The zero-order valence-corrected chi connectivity index (χ0v) is 10.7. The molecule has 2 rings (SSSR count). The highest BCUT2D eigenvalue weighted by Gasteiger charge is 2.36. The van der Waals surface area contributed by atoms with Gasteiger partial charge in [0.2, 0.25) is 5.91 Å². The number of carboxylic acids is 1. The standard InChI is InChI=1S/C15H17NO3/c1-2-11-9-14(17)16(10-11)13(15(18)19)8-12-6-4-3-5-7-12/h2-7,11,13H,1,8-10H2,(H,18,19). The number of hydrogen-bond donors (Lipinski definition) is 1. The van der Waals surface area contributed by atoms with Gasteiger partial charge < -0.3 is 10.0 Å². The maximum absolute atomic E-state index is 11.9. The first-order valence-electron chi connectivity index (χ1n) is 6.30. The van der Waals surface area contributed by atoms with Gasteiger partial charge in [-0.2, -0.15) is 0 Å². The zero-order chi connectivity index (χ0) is 13.8. The molecule has 2 atom stereocenters. The van der Waals surface area contributed by atoms with Gasteiger partial charge in [0, 0.05) is 25.3 Å². The second-order valence-corrected chi connectivity index (χ2v) is 4.79. The molecule has 1 N–H and O–H groups in total. The van der Waals surface area contributed by atoms with E-state index < -0.39 is 12.0 Å². The average molecular weight is 259 g/mol. The van der Waals surface area contributed by atoms with E-state index in [1.54, 1.807) is 6.08 Å². The molecular formula is C15H17NO3. The van der Waals surface area contributed by atoms with Crippen molar-refractivity contribution in [2.24, 2.45) is 5.92 Å². The lowest BCUT2D eigenvalue weighted by Crippen LogP contribution is -2.43. The number of rotatable bonds is 5. The molecule has 2 unspecified atom stereocenters.